The summed E-state index contributed by atoms with van der Waals surface area (Å²) in [5.74, 6) is -0.937. The van der Waals surface area contributed by atoms with Crippen molar-refractivity contribution in [2.45, 2.75) is 78.6 Å². The van der Waals surface area contributed by atoms with Crippen molar-refractivity contribution in [2.24, 2.45) is 15.6 Å². The Morgan fingerprint density at radius 1 is 1.22 bits per heavy atom. The van der Waals surface area contributed by atoms with E-state index in [0.29, 0.717) is 18.0 Å². The summed E-state index contributed by atoms with van der Waals surface area (Å²) in [5, 5.41) is 12.6. The van der Waals surface area contributed by atoms with Crippen LogP contribution in [0.4, 0.5) is 13.2 Å². The average Bonchev–Trinajstić information content (AvgIpc) is 3.43. The van der Waals surface area contributed by atoms with Gasteiger partial charge in [0, 0.05) is 23.1 Å². The van der Waals surface area contributed by atoms with Crippen LogP contribution in [0.2, 0.25) is 0 Å². The third-order valence-corrected chi connectivity index (χ3v) is 7.41. The summed E-state index contributed by atoms with van der Waals surface area (Å²) >= 11 is 1.32. The number of ether oxygens (including phenoxy) is 2. The molecule has 1 aromatic carbocycles. The Hall–Kier alpha value is -2.66. The van der Waals surface area contributed by atoms with E-state index in [4.69, 9.17) is 9.47 Å². The molecule has 0 bridgehead atoms. The van der Waals surface area contributed by atoms with Crippen LogP contribution in [-0.2, 0) is 22.9 Å². The maximum atomic E-state index is 13.5. The Morgan fingerprint density at radius 2 is 1.92 bits per heavy atom. The second-order valence-corrected chi connectivity index (χ2v) is 12.1. The van der Waals surface area contributed by atoms with Crippen LogP contribution < -0.4 is 9.54 Å². The average molecular weight is 542 g/mol. The highest BCUT2D eigenvalue weighted by molar-refractivity contribution is 7.09. The van der Waals surface area contributed by atoms with Crippen LogP contribution in [0.15, 0.2) is 34.5 Å². The van der Waals surface area contributed by atoms with Crippen molar-refractivity contribution in [3.8, 4) is 5.75 Å². The summed E-state index contributed by atoms with van der Waals surface area (Å²) in [5.41, 5.74) is -1.81. The molecular weight excluding hydrogens is 507 g/mol. The van der Waals surface area contributed by atoms with Crippen molar-refractivity contribution in [1.82, 2.24) is 4.57 Å². The van der Waals surface area contributed by atoms with Crippen molar-refractivity contribution < 1.29 is 32.6 Å². The molecule has 3 rings (SSSR count). The second kappa shape index (κ2) is 11.0. The Kier molecular flexibility index (Phi) is 8.58. The normalized spacial score (nSPS) is 17.9. The maximum absolute atomic E-state index is 13.5. The summed E-state index contributed by atoms with van der Waals surface area (Å²) in [7, 11) is 0. The van der Waals surface area contributed by atoms with Crippen LogP contribution in [-0.4, -0.2) is 40.7 Å². The number of hydrogen-bond donors (Lipinski definition) is 1. The molecule has 1 N–H and O–H groups in total. The zero-order valence-corrected chi connectivity index (χ0v) is 22.8. The number of amides is 1. The summed E-state index contributed by atoms with van der Waals surface area (Å²) in [4.78, 5) is 18.9. The smallest absolute Gasteiger partial charge is 0.416 e. The van der Waals surface area contributed by atoms with Gasteiger partial charge in [-0.15, -0.1) is 11.3 Å². The van der Waals surface area contributed by atoms with Crippen LogP contribution in [0.1, 0.15) is 75.2 Å². The highest BCUT2D eigenvalue weighted by atomic mass is 32.1. The molecule has 1 atom stereocenters. The first-order chi connectivity index (χ1) is 17.1. The van der Waals surface area contributed by atoms with E-state index in [1.165, 1.54) is 11.3 Å². The summed E-state index contributed by atoms with van der Waals surface area (Å²) in [6.45, 7) is 12.5. The molecule has 1 aromatic heterocycles. The molecule has 2 aromatic rings. The highest BCUT2D eigenvalue weighted by Crippen LogP contribution is 2.33. The molecule has 1 aliphatic rings. The first-order valence-electron chi connectivity index (χ1n) is 12.1. The van der Waals surface area contributed by atoms with Crippen molar-refractivity contribution in [3.63, 3.8) is 0 Å². The largest absolute Gasteiger partial charge is 0.487 e. The zero-order valence-electron chi connectivity index (χ0n) is 22.0. The number of hydrogen-bond acceptors (Lipinski definition) is 6. The number of thiazole rings is 1. The fourth-order valence-corrected chi connectivity index (χ4v) is 4.70. The number of halogens is 3. The van der Waals surface area contributed by atoms with Gasteiger partial charge in [0.15, 0.2) is 4.80 Å². The van der Waals surface area contributed by atoms with E-state index in [9.17, 15) is 23.2 Å². The van der Waals surface area contributed by atoms with E-state index in [-0.39, 0.29) is 35.2 Å². The lowest BCUT2D eigenvalue weighted by molar-refractivity contribution is -0.137. The predicted octanol–water partition coefficient (Wildman–Crippen LogP) is 6.04. The molecule has 0 radical (unpaired) electrons. The number of benzene rings is 1. The van der Waals surface area contributed by atoms with Crippen LogP contribution in [0.5, 0.6) is 5.75 Å². The summed E-state index contributed by atoms with van der Waals surface area (Å²) in [6.07, 6.45) is -0.910. The molecule has 11 heteroatoms. The predicted molar refractivity (Wildman–Crippen MR) is 135 cm³/mol. The minimum absolute atomic E-state index is 0.0162. The van der Waals surface area contributed by atoms with Crippen LogP contribution in [0, 0.1) is 5.41 Å². The molecular formula is C26H34F3N3O4S. The Balaban J connectivity index is 2.05. The van der Waals surface area contributed by atoms with E-state index in [1.54, 1.807) is 20.8 Å². The Bertz CT molecular complexity index is 1210. The first-order valence-corrected chi connectivity index (χ1v) is 12.9. The molecule has 0 spiro atoms. The van der Waals surface area contributed by atoms with Crippen molar-refractivity contribution in [2.75, 3.05) is 13.2 Å². The Labute approximate surface area is 218 Å². The molecule has 7 nitrogen and oxygen atoms in total. The highest BCUT2D eigenvalue weighted by Gasteiger charge is 2.32. The standard InChI is InChI=1S/C26H34F3N3O4S/c1-24(2,3)20(31-34)15-36-19-10-9-16(26(27,28)29)12-18(19)22(33)30-23-32(13-17-8-7-11-35-17)14-21(37-23)25(4,5)6/h9-10,12,14,17,34H,7-8,11,13,15H2,1-6H3/b30-23?,31-20-/t17-/m1/s1. The SMILES string of the molecule is CC(C)(C)/C(COc1ccc(C(F)(F)F)cc1C(=O)N=c1sc(C(C)(C)C)cn1C[C@H]1CCCO1)=N\O. The van der Waals surface area contributed by atoms with Crippen molar-refractivity contribution >= 4 is 23.0 Å². The minimum Gasteiger partial charge on any atom is -0.487 e. The van der Waals surface area contributed by atoms with Crippen LogP contribution in [0.3, 0.4) is 0 Å². The first kappa shape index (κ1) is 28.9. The van der Waals surface area contributed by atoms with Gasteiger partial charge >= 0.3 is 6.18 Å². The van der Waals surface area contributed by atoms with E-state index in [0.717, 1.165) is 35.9 Å². The molecule has 0 unspecified atom stereocenters. The van der Waals surface area contributed by atoms with Gasteiger partial charge in [-0.1, -0.05) is 46.7 Å². The molecule has 204 valence electrons. The molecule has 0 saturated carbocycles. The molecule has 1 aliphatic heterocycles. The van der Waals surface area contributed by atoms with Gasteiger partial charge < -0.3 is 19.2 Å². The van der Waals surface area contributed by atoms with E-state index >= 15 is 0 Å². The molecule has 0 aliphatic carbocycles. The fraction of sp³-hybridized carbons (Fsp3) is 0.577. The number of carbonyl (C=O) groups is 1. The number of alkyl halides is 3. The molecule has 1 fully saturated rings. The maximum Gasteiger partial charge on any atom is 0.416 e. The third-order valence-electron chi connectivity index (χ3n) is 5.97. The van der Waals surface area contributed by atoms with Crippen LogP contribution >= 0.6 is 11.3 Å². The number of aromatic nitrogens is 1. The summed E-state index contributed by atoms with van der Waals surface area (Å²) in [6, 6.07) is 2.69. The zero-order chi connectivity index (χ0) is 27.6. The van der Waals surface area contributed by atoms with E-state index in [2.05, 4.69) is 10.1 Å². The molecule has 37 heavy (non-hydrogen) atoms. The van der Waals surface area contributed by atoms with Crippen LogP contribution in [0.25, 0.3) is 0 Å². The van der Waals surface area contributed by atoms with Gasteiger partial charge in [-0.25, -0.2) is 0 Å². The number of nitrogens with zero attached hydrogens (tertiary/aromatic N) is 3. The fourth-order valence-electron chi connectivity index (χ4n) is 3.64. The monoisotopic (exact) mass is 541 g/mol. The second-order valence-electron chi connectivity index (χ2n) is 11.1. The Morgan fingerprint density at radius 3 is 2.46 bits per heavy atom. The van der Waals surface area contributed by atoms with E-state index in [1.807, 2.05) is 31.5 Å². The van der Waals surface area contributed by atoms with E-state index < -0.39 is 23.1 Å². The third kappa shape index (κ3) is 7.44. The molecule has 1 amide bonds. The van der Waals surface area contributed by atoms with Gasteiger partial charge in [-0.2, -0.15) is 18.2 Å². The van der Waals surface area contributed by atoms with Gasteiger partial charge in [-0.05, 0) is 36.5 Å². The van der Waals surface area contributed by atoms with Gasteiger partial charge in [0.05, 0.1) is 29.5 Å². The molecule has 2 heterocycles. The number of carbonyl (C=O) groups excluding carboxylic acids is 1. The summed E-state index contributed by atoms with van der Waals surface area (Å²) < 4.78 is 53.7. The minimum atomic E-state index is -4.65. The van der Waals surface area contributed by atoms with Crippen molar-refractivity contribution in [1.29, 1.82) is 0 Å². The topological polar surface area (TPSA) is 85.4 Å². The quantitative estimate of drug-likeness (QED) is 0.274. The number of rotatable bonds is 6. The molecule has 1 saturated heterocycles. The van der Waals surface area contributed by atoms with Gasteiger partial charge in [0.25, 0.3) is 5.91 Å². The van der Waals surface area contributed by atoms with Gasteiger partial charge in [0.1, 0.15) is 12.4 Å². The number of oxime groups is 1. The lowest BCUT2D eigenvalue weighted by Crippen LogP contribution is -2.27. The van der Waals surface area contributed by atoms with Gasteiger partial charge in [0.2, 0.25) is 0 Å². The van der Waals surface area contributed by atoms with Gasteiger partial charge in [-0.3, -0.25) is 4.79 Å². The lowest BCUT2D eigenvalue weighted by atomic mass is 9.90. The lowest BCUT2D eigenvalue weighted by Gasteiger charge is -2.20. The van der Waals surface area contributed by atoms with Crippen molar-refractivity contribution in [3.05, 3.63) is 45.2 Å².